The molecular formula is C10H10N4O4. The van der Waals surface area contributed by atoms with Crippen molar-refractivity contribution >= 4 is 17.3 Å². The maximum Gasteiger partial charge on any atom is 0.296 e. The molecule has 3 N–H and O–H groups in total. The van der Waals surface area contributed by atoms with Gasteiger partial charge in [-0.3, -0.25) is 14.9 Å². The lowest BCUT2D eigenvalue weighted by Crippen LogP contribution is -2.13. The monoisotopic (exact) mass is 250 g/mol. The zero-order valence-electron chi connectivity index (χ0n) is 9.40. The number of nitro benzene ring substituents is 1. The van der Waals surface area contributed by atoms with E-state index in [9.17, 15) is 14.9 Å². The summed E-state index contributed by atoms with van der Waals surface area (Å²) in [7, 11) is 0. The number of aliphatic hydroxyl groups excluding tert-OH is 1. The second-order valence-corrected chi connectivity index (χ2v) is 3.24. The van der Waals surface area contributed by atoms with E-state index in [2.05, 4.69) is 10.2 Å². The highest BCUT2D eigenvalue weighted by molar-refractivity contribution is 5.91. The average Bonchev–Trinajstić information content (AvgIpc) is 2.28. The number of rotatable bonds is 4. The highest BCUT2D eigenvalue weighted by Gasteiger charge is 2.13. The summed E-state index contributed by atoms with van der Waals surface area (Å²) in [5.41, 5.74) is 4.20. The van der Waals surface area contributed by atoms with E-state index < -0.39 is 22.3 Å². The maximum absolute atomic E-state index is 10.9. The van der Waals surface area contributed by atoms with Gasteiger partial charge in [0.1, 0.15) is 5.76 Å². The summed E-state index contributed by atoms with van der Waals surface area (Å²) in [4.78, 5) is 21.0. The molecule has 8 nitrogen and oxygen atoms in total. The predicted molar refractivity (Wildman–Crippen MR) is 62.1 cm³/mol. The molecule has 0 aromatic heterocycles. The topological polar surface area (TPSA) is 131 Å². The van der Waals surface area contributed by atoms with Gasteiger partial charge in [0, 0.05) is 6.07 Å². The number of benzene rings is 1. The first kappa shape index (κ1) is 13.3. The summed E-state index contributed by atoms with van der Waals surface area (Å²) in [5.74, 6) is -1.39. The third-order valence-electron chi connectivity index (χ3n) is 1.91. The highest BCUT2D eigenvalue weighted by Crippen LogP contribution is 2.27. The van der Waals surface area contributed by atoms with E-state index in [4.69, 9.17) is 10.8 Å². The number of azo groups is 1. The van der Waals surface area contributed by atoms with E-state index in [-0.39, 0.29) is 11.4 Å². The molecule has 18 heavy (non-hydrogen) atoms. The molecule has 0 atom stereocenters. The number of allylic oxidation sites excluding steroid dienone is 1. The van der Waals surface area contributed by atoms with Crippen molar-refractivity contribution in [2.45, 2.75) is 6.92 Å². The largest absolute Gasteiger partial charge is 0.510 e. The lowest BCUT2D eigenvalue weighted by Gasteiger charge is -1.97. The van der Waals surface area contributed by atoms with Crippen molar-refractivity contribution in [3.63, 3.8) is 0 Å². The van der Waals surface area contributed by atoms with Crippen LogP contribution in [-0.2, 0) is 4.79 Å². The van der Waals surface area contributed by atoms with E-state index in [0.717, 1.165) is 0 Å². The van der Waals surface area contributed by atoms with Crippen molar-refractivity contribution < 1.29 is 14.8 Å². The Balaban J connectivity index is 3.16. The van der Waals surface area contributed by atoms with Gasteiger partial charge in [-0.15, -0.1) is 10.2 Å². The second-order valence-electron chi connectivity index (χ2n) is 3.24. The minimum atomic E-state index is -0.975. The van der Waals surface area contributed by atoms with Gasteiger partial charge in [-0.1, -0.05) is 12.1 Å². The predicted octanol–water partition coefficient (Wildman–Crippen LogP) is 1.95. The van der Waals surface area contributed by atoms with Crippen molar-refractivity contribution in [2.24, 2.45) is 16.0 Å². The van der Waals surface area contributed by atoms with Crippen molar-refractivity contribution in [2.75, 3.05) is 0 Å². The van der Waals surface area contributed by atoms with Crippen LogP contribution in [0.2, 0.25) is 0 Å². The molecule has 8 heteroatoms. The smallest absolute Gasteiger partial charge is 0.296 e. The third-order valence-corrected chi connectivity index (χ3v) is 1.91. The van der Waals surface area contributed by atoms with Crippen molar-refractivity contribution in [1.29, 1.82) is 0 Å². The fourth-order valence-electron chi connectivity index (χ4n) is 1.11. The molecule has 0 aliphatic heterocycles. The van der Waals surface area contributed by atoms with Gasteiger partial charge < -0.3 is 10.8 Å². The number of aliphatic hydroxyl groups is 1. The standard InChI is InChI=1S/C10H10N4O4/c1-6(15)9(10(11)16)13-12-7-4-2-3-5-8(7)14(17)18/h2-5,15H,1H3,(H2,11,16)/b9-6-,13-12?. The lowest BCUT2D eigenvalue weighted by molar-refractivity contribution is -0.384. The average molecular weight is 250 g/mol. The van der Waals surface area contributed by atoms with Crippen LogP contribution in [-0.4, -0.2) is 15.9 Å². The Morgan fingerprint density at radius 3 is 2.56 bits per heavy atom. The fraction of sp³-hybridized carbons (Fsp3) is 0.100. The van der Waals surface area contributed by atoms with Crippen LogP contribution in [0.3, 0.4) is 0 Å². The Bertz CT molecular complexity index is 547. The molecule has 0 fully saturated rings. The van der Waals surface area contributed by atoms with Crippen LogP contribution in [0.25, 0.3) is 0 Å². The normalized spacial score (nSPS) is 12.3. The number of carbonyl (C=O) groups excluding carboxylic acids is 1. The SMILES string of the molecule is C/C(O)=C(/N=Nc1ccccc1[N+](=O)[O-])C(N)=O. The molecule has 0 spiro atoms. The number of amides is 1. The van der Waals surface area contributed by atoms with E-state index in [0.29, 0.717) is 0 Å². The molecule has 0 heterocycles. The van der Waals surface area contributed by atoms with Gasteiger partial charge in [-0.2, -0.15) is 0 Å². The van der Waals surface area contributed by atoms with Crippen LogP contribution in [0.5, 0.6) is 0 Å². The summed E-state index contributed by atoms with van der Waals surface area (Å²) < 4.78 is 0. The van der Waals surface area contributed by atoms with Crippen molar-refractivity contribution in [3.05, 3.63) is 45.8 Å². The zero-order chi connectivity index (χ0) is 13.7. The second kappa shape index (κ2) is 5.53. The molecule has 1 aromatic rings. The first-order valence-electron chi connectivity index (χ1n) is 4.78. The number of para-hydroxylation sites is 1. The van der Waals surface area contributed by atoms with E-state index >= 15 is 0 Å². The molecule has 0 aliphatic rings. The lowest BCUT2D eigenvalue weighted by atomic mass is 10.3. The maximum atomic E-state index is 10.9. The summed E-state index contributed by atoms with van der Waals surface area (Å²) in [6, 6.07) is 5.60. The van der Waals surface area contributed by atoms with Crippen LogP contribution in [0.15, 0.2) is 46.0 Å². The molecule has 0 saturated heterocycles. The summed E-state index contributed by atoms with van der Waals surface area (Å²) in [6.07, 6.45) is 0. The number of nitrogens with two attached hydrogens (primary N) is 1. The Hall–Kier alpha value is -2.77. The van der Waals surface area contributed by atoms with Crippen LogP contribution < -0.4 is 5.73 Å². The van der Waals surface area contributed by atoms with Gasteiger partial charge in [0.05, 0.1) is 4.92 Å². The molecular weight excluding hydrogens is 240 g/mol. The number of hydrogen-bond donors (Lipinski definition) is 2. The van der Waals surface area contributed by atoms with Crippen LogP contribution in [0.1, 0.15) is 6.92 Å². The highest BCUT2D eigenvalue weighted by atomic mass is 16.6. The van der Waals surface area contributed by atoms with E-state index in [1.165, 1.54) is 31.2 Å². The van der Waals surface area contributed by atoms with Crippen LogP contribution in [0.4, 0.5) is 11.4 Å². The molecule has 1 rings (SSSR count). The summed E-state index contributed by atoms with van der Waals surface area (Å²) in [6.45, 7) is 1.21. The Labute approximate surface area is 102 Å². The summed E-state index contributed by atoms with van der Waals surface area (Å²) in [5, 5.41) is 26.8. The Morgan fingerprint density at radius 1 is 1.44 bits per heavy atom. The number of nitrogens with zero attached hydrogens (tertiary/aromatic N) is 3. The quantitative estimate of drug-likeness (QED) is 0.278. The van der Waals surface area contributed by atoms with Gasteiger partial charge in [0.2, 0.25) is 0 Å². The molecule has 0 unspecified atom stereocenters. The first-order chi connectivity index (χ1) is 8.43. The van der Waals surface area contributed by atoms with Crippen molar-refractivity contribution in [1.82, 2.24) is 0 Å². The number of carbonyl (C=O) groups is 1. The minimum absolute atomic E-state index is 0.0394. The first-order valence-corrected chi connectivity index (χ1v) is 4.78. The van der Waals surface area contributed by atoms with Gasteiger partial charge in [0.15, 0.2) is 11.4 Å². The van der Waals surface area contributed by atoms with Gasteiger partial charge >= 0.3 is 0 Å². The molecule has 0 radical (unpaired) electrons. The van der Waals surface area contributed by atoms with Crippen LogP contribution >= 0.6 is 0 Å². The molecule has 1 amide bonds. The Morgan fingerprint density at radius 2 is 2.06 bits per heavy atom. The molecule has 1 aromatic carbocycles. The number of nitro groups is 1. The Kier molecular flexibility index (Phi) is 4.08. The number of hydrogen-bond acceptors (Lipinski definition) is 6. The molecule has 0 saturated carbocycles. The fourth-order valence-corrected chi connectivity index (χ4v) is 1.11. The van der Waals surface area contributed by atoms with Crippen molar-refractivity contribution in [3.8, 4) is 0 Å². The van der Waals surface area contributed by atoms with Gasteiger partial charge in [-0.25, -0.2) is 0 Å². The number of primary amides is 1. The molecule has 94 valence electrons. The van der Waals surface area contributed by atoms with E-state index in [1.54, 1.807) is 0 Å². The van der Waals surface area contributed by atoms with Gasteiger partial charge in [-0.05, 0) is 13.0 Å². The molecule has 0 aliphatic carbocycles. The van der Waals surface area contributed by atoms with Gasteiger partial charge in [0.25, 0.3) is 11.6 Å². The third kappa shape index (κ3) is 3.11. The van der Waals surface area contributed by atoms with Crippen LogP contribution in [0, 0.1) is 10.1 Å². The van der Waals surface area contributed by atoms with E-state index in [1.807, 2.05) is 0 Å². The zero-order valence-corrected chi connectivity index (χ0v) is 9.40. The summed E-state index contributed by atoms with van der Waals surface area (Å²) >= 11 is 0. The minimum Gasteiger partial charge on any atom is -0.510 e. The molecule has 0 bridgehead atoms.